The third-order valence-corrected chi connectivity index (χ3v) is 3.56. The minimum absolute atomic E-state index is 0.0620. The van der Waals surface area contributed by atoms with Crippen molar-refractivity contribution in [3.63, 3.8) is 0 Å². The van der Waals surface area contributed by atoms with Crippen LogP contribution < -0.4 is 0 Å². The molecule has 0 aromatic carbocycles. The summed E-state index contributed by atoms with van der Waals surface area (Å²) in [6.45, 7) is 5.12. The summed E-state index contributed by atoms with van der Waals surface area (Å²) in [7, 11) is -6.86. The van der Waals surface area contributed by atoms with E-state index in [-0.39, 0.29) is 26.4 Å². The fraction of sp³-hybridized carbons (Fsp3) is 1.00. The Labute approximate surface area is 142 Å². The molecular formula is C12H28O10P2. The summed E-state index contributed by atoms with van der Waals surface area (Å²) in [4.78, 5) is 17.7. The number of hydrogen-bond acceptors (Lipinski definition) is 8. The van der Waals surface area contributed by atoms with Crippen LogP contribution in [0.25, 0.3) is 0 Å². The molecule has 0 saturated heterocycles. The summed E-state index contributed by atoms with van der Waals surface area (Å²) in [6.07, 6.45) is 0. The van der Waals surface area contributed by atoms with E-state index in [1.165, 1.54) is 0 Å². The van der Waals surface area contributed by atoms with E-state index in [1.54, 1.807) is 0 Å². The van der Waals surface area contributed by atoms with Crippen LogP contribution in [0.1, 0.15) is 0 Å². The summed E-state index contributed by atoms with van der Waals surface area (Å²) in [5, 5.41) is 0. The van der Waals surface area contributed by atoms with Gasteiger partial charge in [-0.3, -0.25) is 9.13 Å². The molecule has 0 aliphatic heterocycles. The van der Waals surface area contributed by atoms with Gasteiger partial charge in [0.25, 0.3) is 0 Å². The predicted octanol–water partition coefficient (Wildman–Crippen LogP) is 0.716. The quantitative estimate of drug-likeness (QED) is 0.269. The molecule has 0 rings (SSSR count). The van der Waals surface area contributed by atoms with Crippen LogP contribution in [0.3, 0.4) is 0 Å². The minimum atomic E-state index is -3.43. The highest BCUT2D eigenvalue weighted by atomic mass is 31.2. The van der Waals surface area contributed by atoms with E-state index in [2.05, 4.69) is 9.05 Å². The van der Waals surface area contributed by atoms with Crippen LogP contribution in [0, 0.1) is 0 Å². The van der Waals surface area contributed by atoms with Gasteiger partial charge in [0.15, 0.2) is 0 Å². The van der Waals surface area contributed by atoms with E-state index in [4.69, 9.17) is 28.7 Å². The molecule has 0 radical (unpaired) electrons. The summed E-state index contributed by atoms with van der Waals surface area (Å²) in [5.41, 5.74) is 0. The van der Waals surface area contributed by atoms with Crippen molar-refractivity contribution in [2.45, 2.75) is 0 Å². The van der Waals surface area contributed by atoms with Gasteiger partial charge >= 0.3 is 15.2 Å². The van der Waals surface area contributed by atoms with Crippen molar-refractivity contribution in [3.05, 3.63) is 0 Å². The Morgan fingerprint density at radius 1 is 0.542 bits per heavy atom. The number of hydrogen-bond donors (Lipinski definition) is 2. The minimum Gasteiger partial charge on any atom is -0.377 e. The molecule has 0 aliphatic carbocycles. The highest BCUT2D eigenvalue weighted by molar-refractivity contribution is 7.52. The van der Waals surface area contributed by atoms with Gasteiger partial charge in [-0.2, -0.15) is 0 Å². The lowest BCUT2D eigenvalue weighted by Crippen LogP contribution is -2.13. The van der Waals surface area contributed by atoms with Crippen LogP contribution in [0.2, 0.25) is 0 Å². The normalized spacial score (nSPS) is 16.7. The first-order valence-electron chi connectivity index (χ1n) is 7.41. The van der Waals surface area contributed by atoms with Crippen molar-refractivity contribution >= 4 is 15.2 Å². The zero-order valence-corrected chi connectivity index (χ0v) is 15.9. The zero-order chi connectivity index (χ0) is 18.3. The Balaban J connectivity index is 3.10. The SMILES string of the molecule is CP(=O)(O)OCCOCCOCCOCCOCCOP(C)(=O)O. The molecule has 2 unspecified atom stereocenters. The molecule has 12 heteroatoms. The fourth-order valence-corrected chi connectivity index (χ4v) is 2.12. The van der Waals surface area contributed by atoms with Gasteiger partial charge in [-0.25, -0.2) is 0 Å². The van der Waals surface area contributed by atoms with Crippen LogP contribution in [-0.2, 0) is 37.1 Å². The molecule has 0 bridgehead atoms. The van der Waals surface area contributed by atoms with Crippen molar-refractivity contribution in [2.24, 2.45) is 0 Å². The highest BCUT2D eigenvalue weighted by Crippen LogP contribution is 2.36. The molecule has 0 heterocycles. The molecule has 0 amide bonds. The molecule has 2 atom stereocenters. The summed E-state index contributed by atoms with van der Waals surface area (Å²) in [5.74, 6) is 0. The van der Waals surface area contributed by atoms with E-state index in [1.807, 2.05) is 0 Å². The first kappa shape index (κ1) is 24.1. The summed E-state index contributed by atoms with van der Waals surface area (Å²) in [6, 6.07) is 0. The highest BCUT2D eigenvalue weighted by Gasteiger charge is 2.09. The molecule has 0 aromatic rings. The maximum Gasteiger partial charge on any atom is 0.325 e. The van der Waals surface area contributed by atoms with Crippen LogP contribution >= 0.6 is 15.2 Å². The maximum absolute atomic E-state index is 10.8. The van der Waals surface area contributed by atoms with E-state index >= 15 is 0 Å². The fourth-order valence-electron chi connectivity index (χ4n) is 1.29. The zero-order valence-electron chi connectivity index (χ0n) is 14.1. The van der Waals surface area contributed by atoms with Crippen molar-refractivity contribution in [2.75, 3.05) is 79.4 Å². The van der Waals surface area contributed by atoms with Crippen LogP contribution in [0.4, 0.5) is 0 Å². The average Bonchev–Trinajstić information content (AvgIpc) is 2.44. The number of rotatable bonds is 17. The first-order valence-corrected chi connectivity index (χ1v) is 11.5. The van der Waals surface area contributed by atoms with Crippen LogP contribution in [0.5, 0.6) is 0 Å². The Bertz CT molecular complexity index is 344. The van der Waals surface area contributed by atoms with Crippen LogP contribution in [0.15, 0.2) is 0 Å². The van der Waals surface area contributed by atoms with Gasteiger partial charge in [-0.05, 0) is 0 Å². The predicted molar refractivity (Wildman–Crippen MR) is 86.7 cm³/mol. The van der Waals surface area contributed by atoms with Gasteiger partial charge in [-0.1, -0.05) is 0 Å². The molecular weight excluding hydrogens is 366 g/mol. The van der Waals surface area contributed by atoms with E-state index < -0.39 is 15.2 Å². The first-order chi connectivity index (χ1) is 11.2. The number of ether oxygens (including phenoxy) is 4. The third kappa shape index (κ3) is 22.1. The molecule has 0 saturated carbocycles. The molecule has 10 nitrogen and oxygen atoms in total. The van der Waals surface area contributed by atoms with Gasteiger partial charge in [-0.15, -0.1) is 0 Å². The Hall–Kier alpha value is 0.140. The second-order valence-electron chi connectivity index (χ2n) is 4.72. The molecule has 0 spiro atoms. The Morgan fingerprint density at radius 2 is 0.750 bits per heavy atom. The largest absolute Gasteiger partial charge is 0.377 e. The topological polar surface area (TPSA) is 130 Å². The smallest absolute Gasteiger partial charge is 0.325 e. The lowest BCUT2D eigenvalue weighted by molar-refractivity contribution is -0.00743. The standard InChI is InChI=1S/C12H28O10P2/c1-23(13,14)21-11-9-19-7-5-17-3-4-18-6-8-20-10-12-22-24(2,15)16/h3-12H2,1-2H3,(H,13,14)(H,15,16). The van der Waals surface area contributed by atoms with Crippen LogP contribution in [-0.4, -0.2) is 89.2 Å². The van der Waals surface area contributed by atoms with E-state index in [0.29, 0.717) is 39.6 Å². The summed E-state index contributed by atoms with van der Waals surface area (Å²) < 4.78 is 51.6. The second kappa shape index (κ2) is 14.3. The van der Waals surface area contributed by atoms with Gasteiger partial charge in [0.05, 0.1) is 66.1 Å². The van der Waals surface area contributed by atoms with Gasteiger partial charge < -0.3 is 37.8 Å². The molecule has 0 aliphatic rings. The Morgan fingerprint density at radius 3 is 0.958 bits per heavy atom. The monoisotopic (exact) mass is 394 g/mol. The average molecular weight is 394 g/mol. The van der Waals surface area contributed by atoms with Crippen molar-refractivity contribution in [3.8, 4) is 0 Å². The lowest BCUT2D eigenvalue weighted by atomic mass is 10.7. The van der Waals surface area contributed by atoms with Crippen molar-refractivity contribution in [1.82, 2.24) is 0 Å². The van der Waals surface area contributed by atoms with Crippen molar-refractivity contribution in [1.29, 1.82) is 0 Å². The molecule has 146 valence electrons. The van der Waals surface area contributed by atoms with Crippen molar-refractivity contribution < 1.29 is 46.9 Å². The lowest BCUT2D eigenvalue weighted by Gasteiger charge is -2.09. The van der Waals surface area contributed by atoms with Gasteiger partial charge in [0.2, 0.25) is 0 Å². The van der Waals surface area contributed by atoms with E-state index in [0.717, 1.165) is 13.3 Å². The summed E-state index contributed by atoms with van der Waals surface area (Å²) >= 11 is 0. The molecule has 0 aromatic heterocycles. The maximum atomic E-state index is 10.8. The van der Waals surface area contributed by atoms with E-state index in [9.17, 15) is 9.13 Å². The Kier molecular flexibility index (Phi) is 14.4. The van der Waals surface area contributed by atoms with Gasteiger partial charge in [0, 0.05) is 13.3 Å². The molecule has 24 heavy (non-hydrogen) atoms. The van der Waals surface area contributed by atoms with Gasteiger partial charge in [0.1, 0.15) is 0 Å². The third-order valence-electron chi connectivity index (χ3n) is 2.23. The second-order valence-corrected chi connectivity index (χ2v) is 8.45. The molecule has 2 N–H and O–H groups in total. The molecule has 0 fully saturated rings.